The van der Waals surface area contributed by atoms with Crippen molar-refractivity contribution in [1.82, 2.24) is 9.21 Å². The average molecular weight is 482 g/mol. The molecule has 0 unspecified atom stereocenters. The molecule has 0 atom stereocenters. The summed E-state index contributed by atoms with van der Waals surface area (Å²) in [6, 6.07) is 4.35. The molecular formula is C22H31N3O7S. The summed E-state index contributed by atoms with van der Waals surface area (Å²) in [6.45, 7) is 6.54. The molecule has 0 aromatic heterocycles. The maximum atomic E-state index is 13.0. The van der Waals surface area contributed by atoms with Crippen molar-refractivity contribution in [2.24, 2.45) is 5.92 Å². The predicted molar refractivity (Wildman–Crippen MR) is 120 cm³/mol. The molecule has 0 N–H and O–H groups in total. The van der Waals surface area contributed by atoms with Crippen LogP contribution < -0.4 is 9.64 Å². The van der Waals surface area contributed by atoms with Crippen molar-refractivity contribution in [3.05, 3.63) is 18.2 Å². The molecule has 0 saturated carbocycles. The molecule has 11 heteroatoms. The zero-order valence-corrected chi connectivity index (χ0v) is 20.1. The van der Waals surface area contributed by atoms with E-state index in [1.54, 1.807) is 25.7 Å². The van der Waals surface area contributed by atoms with E-state index in [1.165, 1.54) is 27.4 Å². The molecule has 3 rings (SSSR count). The summed E-state index contributed by atoms with van der Waals surface area (Å²) in [5.41, 5.74) is 0.259. The lowest BCUT2D eigenvalue weighted by Crippen LogP contribution is -2.49. The maximum Gasteiger partial charge on any atom is 0.309 e. The predicted octanol–water partition coefficient (Wildman–Crippen LogP) is 1.24. The van der Waals surface area contributed by atoms with Crippen molar-refractivity contribution in [1.29, 1.82) is 0 Å². The number of amides is 2. The Balaban J connectivity index is 1.77. The second kappa shape index (κ2) is 10.5. The third-order valence-electron chi connectivity index (χ3n) is 5.98. The number of nitrogens with zero attached hydrogens (tertiary/aromatic N) is 3. The number of benzene rings is 1. The van der Waals surface area contributed by atoms with Gasteiger partial charge in [-0.1, -0.05) is 13.8 Å². The molecule has 2 amide bonds. The van der Waals surface area contributed by atoms with Crippen LogP contribution >= 0.6 is 0 Å². The van der Waals surface area contributed by atoms with E-state index in [4.69, 9.17) is 9.47 Å². The Labute approximate surface area is 194 Å². The molecule has 1 aromatic carbocycles. The highest BCUT2D eigenvalue weighted by Crippen LogP contribution is 2.35. The number of anilines is 1. The Bertz CT molecular complexity index is 999. The van der Waals surface area contributed by atoms with Gasteiger partial charge in [0.25, 0.3) is 5.91 Å². The highest BCUT2D eigenvalue weighted by Gasteiger charge is 2.33. The van der Waals surface area contributed by atoms with Crippen LogP contribution in [-0.4, -0.2) is 81.3 Å². The van der Waals surface area contributed by atoms with E-state index in [1.807, 2.05) is 0 Å². The number of hydrogen-bond donors (Lipinski definition) is 0. The molecule has 0 spiro atoms. The lowest BCUT2D eigenvalue weighted by molar-refractivity contribution is -0.151. The summed E-state index contributed by atoms with van der Waals surface area (Å²) in [5.74, 6) is -0.816. The number of likely N-dealkylation sites (tertiary alicyclic amines) is 1. The van der Waals surface area contributed by atoms with Gasteiger partial charge in [-0.15, -0.1) is 0 Å². The fraction of sp³-hybridized carbons (Fsp3) is 0.591. The number of carbonyl (C=O) groups is 3. The van der Waals surface area contributed by atoms with Crippen molar-refractivity contribution in [2.45, 2.75) is 38.5 Å². The zero-order valence-electron chi connectivity index (χ0n) is 19.3. The molecule has 2 aliphatic heterocycles. The Morgan fingerprint density at radius 3 is 2.42 bits per heavy atom. The zero-order chi connectivity index (χ0) is 24.2. The van der Waals surface area contributed by atoms with Gasteiger partial charge in [0, 0.05) is 26.2 Å². The molecule has 2 aliphatic rings. The Kier molecular flexibility index (Phi) is 7.96. The van der Waals surface area contributed by atoms with Gasteiger partial charge in [0.15, 0.2) is 6.61 Å². The fourth-order valence-electron chi connectivity index (χ4n) is 4.09. The molecule has 1 fully saturated rings. The number of fused-ring (bicyclic) bond motifs is 1. The standard InChI is InChI=1S/C22H31N3O7S/c1-4-24(5-2)33(29,30)17-7-8-19-18(13-17)25(21(27)15-32-19)14-20(26)23-11-9-16(10-12-23)22(28)31-6-3/h7-8,13,16H,4-6,9-12,14-15H2,1-3H3. The van der Waals surface area contributed by atoms with Gasteiger partial charge >= 0.3 is 5.97 Å². The van der Waals surface area contributed by atoms with Gasteiger partial charge in [-0.05, 0) is 38.0 Å². The number of hydrogen-bond acceptors (Lipinski definition) is 7. The highest BCUT2D eigenvalue weighted by molar-refractivity contribution is 7.89. The van der Waals surface area contributed by atoms with E-state index < -0.39 is 15.9 Å². The first-order chi connectivity index (χ1) is 15.7. The number of ether oxygens (including phenoxy) is 2. The lowest BCUT2D eigenvalue weighted by Gasteiger charge is -2.34. The molecule has 0 bridgehead atoms. The van der Waals surface area contributed by atoms with Crippen LogP contribution in [0.5, 0.6) is 5.75 Å². The third-order valence-corrected chi connectivity index (χ3v) is 8.02. The monoisotopic (exact) mass is 481 g/mol. The summed E-state index contributed by atoms with van der Waals surface area (Å²) in [5, 5.41) is 0. The molecule has 182 valence electrons. The van der Waals surface area contributed by atoms with Crippen molar-refractivity contribution >= 4 is 33.5 Å². The van der Waals surface area contributed by atoms with E-state index in [9.17, 15) is 22.8 Å². The van der Waals surface area contributed by atoms with Gasteiger partial charge in [-0.3, -0.25) is 19.3 Å². The van der Waals surface area contributed by atoms with Crippen molar-refractivity contribution in [3.8, 4) is 5.75 Å². The molecule has 1 saturated heterocycles. The smallest absolute Gasteiger partial charge is 0.309 e. The minimum atomic E-state index is -3.74. The van der Waals surface area contributed by atoms with Gasteiger partial charge in [0.05, 0.1) is 23.1 Å². The van der Waals surface area contributed by atoms with E-state index >= 15 is 0 Å². The first-order valence-corrected chi connectivity index (χ1v) is 12.7. The maximum absolute atomic E-state index is 13.0. The summed E-state index contributed by atoms with van der Waals surface area (Å²) in [7, 11) is -3.74. The van der Waals surface area contributed by atoms with Gasteiger partial charge in [0.1, 0.15) is 12.3 Å². The van der Waals surface area contributed by atoms with Crippen LogP contribution in [0, 0.1) is 5.92 Å². The molecule has 10 nitrogen and oxygen atoms in total. The number of esters is 1. The Hall–Kier alpha value is -2.66. The van der Waals surface area contributed by atoms with E-state index in [2.05, 4.69) is 0 Å². The summed E-state index contributed by atoms with van der Waals surface area (Å²) >= 11 is 0. The van der Waals surface area contributed by atoms with Crippen LogP contribution in [0.25, 0.3) is 0 Å². The van der Waals surface area contributed by atoms with Gasteiger partial charge < -0.3 is 14.4 Å². The molecule has 1 aromatic rings. The van der Waals surface area contributed by atoms with Crippen molar-refractivity contribution in [2.75, 3.05) is 50.8 Å². The summed E-state index contributed by atoms with van der Waals surface area (Å²) in [4.78, 5) is 40.4. The fourth-order valence-corrected chi connectivity index (χ4v) is 5.57. The third kappa shape index (κ3) is 5.30. The summed E-state index contributed by atoms with van der Waals surface area (Å²) < 4.78 is 37.7. The van der Waals surface area contributed by atoms with E-state index in [-0.39, 0.29) is 41.5 Å². The minimum Gasteiger partial charge on any atom is -0.482 e. The van der Waals surface area contributed by atoms with Gasteiger partial charge in [-0.2, -0.15) is 4.31 Å². The number of rotatable bonds is 8. The van der Waals surface area contributed by atoms with Crippen LogP contribution in [0.1, 0.15) is 33.6 Å². The molecular weight excluding hydrogens is 450 g/mol. The number of piperidine rings is 1. The Morgan fingerprint density at radius 2 is 1.82 bits per heavy atom. The topological polar surface area (TPSA) is 114 Å². The average Bonchev–Trinajstić information content (AvgIpc) is 2.81. The molecule has 0 radical (unpaired) electrons. The van der Waals surface area contributed by atoms with Gasteiger partial charge in [-0.25, -0.2) is 8.42 Å². The number of sulfonamides is 1. The van der Waals surface area contributed by atoms with Crippen molar-refractivity contribution in [3.63, 3.8) is 0 Å². The molecule has 0 aliphatic carbocycles. The molecule has 33 heavy (non-hydrogen) atoms. The second-order valence-electron chi connectivity index (χ2n) is 7.89. The van der Waals surface area contributed by atoms with Crippen LogP contribution in [-0.2, 0) is 29.1 Å². The SMILES string of the molecule is CCOC(=O)C1CCN(C(=O)CN2C(=O)COc3ccc(S(=O)(=O)N(CC)CC)cc32)CC1. The second-order valence-corrected chi connectivity index (χ2v) is 9.83. The lowest BCUT2D eigenvalue weighted by atomic mass is 9.97. The first-order valence-electron chi connectivity index (χ1n) is 11.2. The quantitative estimate of drug-likeness (QED) is 0.513. The van der Waals surface area contributed by atoms with E-state index in [0.717, 1.165) is 0 Å². The largest absolute Gasteiger partial charge is 0.482 e. The normalized spacial score (nSPS) is 17.0. The minimum absolute atomic E-state index is 0.0379. The van der Waals surface area contributed by atoms with Crippen LogP contribution in [0.15, 0.2) is 23.1 Å². The van der Waals surface area contributed by atoms with Crippen molar-refractivity contribution < 1.29 is 32.3 Å². The van der Waals surface area contributed by atoms with Crippen LogP contribution in [0.4, 0.5) is 5.69 Å². The van der Waals surface area contributed by atoms with Crippen LogP contribution in [0.3, 0.4) is 0 Å². The van der Waals surface area contributed by atoms with Crippen LogP contribution in [0.2, 0.25) is 0 Å². The molecule has 2 heterocycles. The van der Waals surface area contributed by atoms with E-state index in [0.29, 0.717) is 51.4 Å². The summed E-state index contributed by atoms with van der Waals surface area (Å²) in [6.07, 6.45) is 1.01. The first kappa shape index (κ1) is 25.0. The Morgan fingerprint density at radius 1 is 1.15 bits per heavy atom. The number of carbonyl (C=O) groups excluding carboxylic acids is 3. The van der Waals surface area contributed by atoms with Gasteiger partial charge in [0.2, 0.25) is 15.9 Å². The highest BCUT2D eigenvalue weighted by atomic mass is 32.2.